The maximum absolute atomic E-state index is 12.4. The number of carbonyl (C=O) groups is 2. The highest BCUT2D eigenvalue weighted by molar-refractivity contribution is 5.97. The Morgan fingerprint density at radius 2 is 1.83 bits per heavy atom. The first-order valence-electron chi connectivity index (χ1n) is 8.33. The number of aromatic hydroxyl groups is 2. The molecule has 130 valence electrons. The molecule has 0 spiro atoms. The molecule has 1 aliphatic heterocycles. The number of fused-ring (bicyclic) bond motifs is 1. The molecule has 0 fully saturated rings. The van der Waals surface area contributed by atoms with E-state index in [1.807, 2.05) is 13.0 Å². The number of ether oxygens (including phenoxy) is 1. The number of ketones is 1. The predicted molar refractivity (Wildman–Crippen MR) is 90.9 cm³/mol. The van der Waals surface area contributed by atoms with Crippen LogP contribution in [0.3, 0.4) is 0 Å². The lowest BCUT2D eigenvalue weighted by atomic mass is 9.97. The molecule has 0 radical (unpaired) electrons. The molecule has 1 heterocycles. The fourth-order valence-electron chi connectivity index (χ4n) is 2.75. The summed E-state index contributed by atoms with van der Waals surface area (Å²) in [5.41, 5.74) is 0.455. The van der Waals surface area contributed by atoms with Crippen LogP contribution < -0.4 is 0 Å². The molecule has 0 saturated carbocycles. The number of phenolic OH excluding ortho intramolecular Hbond substituents is 2. The molecular weight excluding hydrogens is 308 g/mol. The standard InChI is InChI=1S/C19H24O5/c1-12-6-8-14-10-16(21)11-17(22)18(14)19(23)24-13(2)4-3-5-15(20)9-7-12/h6,8,10-13,21-22H,3-5,7,9H2,1-2H3/b8-6+/t12-,13+/m0/s1. The lowest BCUT2D eigenvalue weighted by Gasteiger charge is -2.16. The molecule has 2 atom stereocenters. The predicted octanol–water partition coefficient (Wildman–Crippen LogP) is 3.83. The smallest absolute Gasteiger partial charge is 0.342 e. The first-order valence-corrected chi connectivity index (χ1v) is 8.33. The zero-order chi connectivity index (χ0) is 17.7. The fraction of sp³-hybridized carbons (Fsp3) is 0.474. The number of cyclic esters (lactones) is 1. The Morgan fingerprint density at radius 3 is 2.58 bits per heavy atom. The van der Waals surface area contributed by atoms with Gasteiger partial charge in [0.15, 0.2) is 0 Å². The van der Waals surface area contributed by atoms with Crippen molar-refractivity contribution in [3.63, 3.8) is 0 Å². The molecule has 2 rings (SSSR count). The van der Waals surface area contributed by atoms with Crippen LogP contribution in [0.15, 0.2) is 18.2 Å². The number of rotatable bonds is 0. The minimum atomic E-state index is -0.629. The summed E-state index contributed by atoms with van der Waals surface area (Å²) in [5.74, 6) is -0.691. The molecule has 24 heavy (non-hydrogen) atoms. The number of benzene rings is 1. The van der Waals surface area contributed by atoms with Crippen molar-refractivity contribution in [1.82, 2.24) is 0 Å². The average molecular weight is 332 g/mol. The van der Waals surface area contributed by atoms with Crippen molar-refractivity contribution in [2.24, 2.45) is 5.92 Å². The molecule has 0 amide bonds. The average Bonchev–Trinajstić information content (AvgIpc) is 2.49. The molecule has 1 aromatic carbocycles. The van der Waals surface area contributed by atoms with Crippen LogP contribution in [0.5, 0.6) is 11.5 Å². The Hall–Kier alpha value is -2.30. The van der Waals surface area contributed by atoms with E-state index in [1.54, 1.807) is 13.0 Å². The number of hydrogen-bond donors (Lipinski definition) is 2. The normalized spacial score (nSPS) is 24.6. The van der Waals surface area contributed by atoms with E-state index in [2.05, 4.69) is 0 Å². The second-order valence-electron chi connectivity index (χ2n) is 6.45. The van der Waals surface area contributed by atoms with E-state index in [1.165, 1.54) is 6.07 Å². The van der Waals surface area contributed by atoms with Crippen LogP contribution >= 0.6 is 0 Å². The molecule has 0 unspecified atom stereocenters. The Morgan fingerprint density at radius 1 is 1.08 bits per heavy atom. The van der Waals surface area contributed by atoms with E-state index in [9.17, 15) is 19.8 Å². The maximum atomic E-state index is 12.4. The number of allylic oxidation sites excluding steroid dienone is 1. The van der Waals surface area contributed by atoms with E-state index in [0.29, 0.717) is 31.2 Å². The van der Waals surface area contributed by atoms with Crippen LogP contribution in [0.1, 0.15) is 61.9 Å². The lowest BCUT2D eigenvalue weighted by molar-refractivity contribution is -0.119. The van der Waals surface area contributed by atoms with Gasteiger partial charge >= 0.3 is 5.97 Å². The molecule has 2 N–H and O–H groups in total. The summed E-state index contributed by atoms with van der Waals surface area (Å²) < 4.78 is 5.38. The molecule has 5 heteroatoms. The molecule has 5 nitrogen and oxygen atoms in total. The van der Waals surface area contributed by atoms with Crippen LogP contribution in [-0.2, 0) is 9.53 Å². The third kappa shape index (κ3) is 4.85. The van der Waals surface area contributed by atoms with Gasteiger partial charge in [-0.05, 0) is 43.7 Å². The SMILES string of the molecule is C[C@@H]1CCCC(=O)CC[C@@H](C)/C=C/c2cc(O)cc(O)c2C(=O)O1. The highest BCUT2D eigenvalue weighted by Gasteiger charge is 2.21. The van der Waals surface area contributed by atoms with E-state index in [4.69, 9.17) is 4.74 Å². The highest BCUT2D eigenvalue weighted by atomic mass is 16.5. The molecule has 1 aromatic rings. The van der Waals surface area contributed by atoms with Crippen LogP contribution in [0.25, 0.3) is 6.08 Å². The van der Waals surface area contributed by atoms with Crippen molar-refractivity contribution in [1.29, 1.82) is 0 Å². The Bertz CT molecular complexity index is 647. The van der Waals surface area contributed by atoms with Crippen LogP contribution in [-0.4, -0.2) is 28.1 Å². The van der Waals surface area contributed by atoms with E-state index < -0.39 is 5.97 Å². The van der Waals surface area contributed by atoms with Crippen LogP contribution in [0.2, 0.25) is 0 Å². The maximum Gasteiger partial charge on any atom is 0.342 e. The third-order valence-corrected chi connectivity index (χ3v) is 4.19. The minimum Gasteiger partial charge on any atom is -0.508 e. The first-order chi connectivity index (χ1) is 11.4. The van der Waals surface area contributed by atoms with Crippen molar-refractivity contribution in [3.8, 4) is 11.5 Å². The summed E-state index contributed by atoms with van der Waals surface area (Å²) in [6.45, 7) is 3.75. The number of esters is 1. The molecule has 0 aliphatic carbocycles. The minimum absolute atomic E-state index is 0.0521. The highest BCUT2D eigenvalue weighted by Crippen LogP contribution is 2.30. The second kappa shape index (κ2) is 7.99. The first kappa shape index (κ1) is 18.0. The van der Waals surface area contributed by atoms with Crippen LogP contribution in [0, 0.1) is 5.92 Å². The van der Waals surface area contributed by atoms with Crippen molar-refractivity contribution in [3.05, 3.63) is 29.3 Å². The van der Waals surface area contributed by atoms with E-state index >= 15 is 0 Å². The van der Waals surface area contributed by atoms with Crippen molar-refractivity contribution in [2.45, 2.75) is 52.1 Å². The van der Waals surface area contributed by atoms with Gasteiger partial charge < -0.3 is 14.9 Å². The quantitative estimate of drug-likeness (QED) is 0.706. The Kier molecular flexibility index (Phi) is 6.01. The number of phenols is 2. The molecule has 0 aromatic heterocycles. The largest absolute Gasteiger partial charge is 0.508 e. The summed E-state index contributed by atoms with van der Waals surface area (Å²) in [5, 5.41) is 19.7. The van der Waals surface area contributed by atoms with Gasteiger partial charge in [0.2, 0.25) is 0 Å². The van der Waals surface area contributed by atoms with Crippen molar-refractivity contribution < 1.29 is 24.5 Å². The second-order valence-corrected chi connectivity index (χ2v) is 6.45. The summed E-state index contributed by atoms with van der Waals surface area (Å²) >= 11 is 0. The zero-order valence-electron chi connectivity index (χ0n) is 14.1. The van der Waals surface area contributed by atoms with Gasteiger partial charge in [0.1, 0.15) is 22.8 Å². The summed E-state index contributed by atoms with van der Waals surface area (Å²) in [6.07, 6.45) is 6.22. The molecular formula is C19H24O5. The Labute approximate surface area is 142 Å². The fourth-order valence-corrected chi connectivity index (χ4v) is 2.75. The number of Topliss-reactive ketones (excluding diaryl/α,β-unsaturated/α-hetero) is 1. The van der Waals surface area contributed by atoms with E-state index in [-0.39, 0.29) is 34.9 Å². The zero-order valence-corrected chi connectivity index (χ0v) is 14.1. The van der Waals surface area contributed by atoms with E-state index in [0.717, 1.165) is 12.5 Å². The monoisotopic (exact) mass is 332 g/mol. The Balaban J connectivity index is 2.37. The van der Waals surface area contributed by atoms with Crippen molar-refractivity contribution in [2.75, 3.05) is 0 Å². The third-order valence-electron chi connectivity index (χ3n) is 4.19. The van der Waals surface area contributed by atoms with Gasteiger partial charge in [-0.1, -0.05) is 19.1 Å². The summed E-state index contributed by atoms with van der Waals surface area (Å²) in [4.78, 5) is 24.3. The van der Waals surface area contributed by atoms with Gasteiger partial charge in [-0.2, -0.15) is 0 Å². The lowest BCUT2D eigenvalue weighted by Crippen LogP contribution is -2.17. The number of hydrogen-bond acceptors (Lipinski definition) is 5. The van der Waals surface area contributed by atoms with Crippen LogP contribution in [0.4, 0.5) is 0 Å². The van der Waals surface area contributed by atoms with Gasteiger partial charge in [-0.3, -0.25) is 4.79 Å². The molecule has 0 bridgehead atoms. The molecule has 1 aliphatic rings. The number of carbonyl (C=O) groups excluding carboxylic acids is 2. The summed E-state index contributed by atoms with van der Waals surface area (Å²) in [6, 6.07) is 2.55. The molecule has 0 saturated heterocycles. The van der Waals surface area contributed by atoms with Gasteiger partial charge in [0.05, 0.1) is 6.10 Å². The summed E-state index contributed by atoms with van der Waals surface area (Å²) in [7, 11) is 0. The topological polar surface area (TPSA) is 83.8 Å². The van der Waals surface area contributed by atoms with Gasteiger partial charge in [0, 0.05) is 18.9 Å². The van der Waals surface area contributed by atoms with Gasteiger partial charge in [0.25, 0.3) is 0 Å². The van der Waals surface area contributed by atoms with Crippen molar-refractivity contribution >= 4 is 17.8 Å². The van der Waals surface area contributed by atoms with Gasteiger partial charge in [-0.25, -0.2) is 4.79 Å². The van der Waals surface area contributed by atoms with Gasteiger partial charge in [-0.15, -0.1) is 0 Å².